The van der Waals surface area contributed by atoms with Crippen molar-refractivity contribution in [1.29, 1.82) is 0 Å². The van der Waals surface area contributed by atoms with Gasteiger partial charge in [0.2, 0.25) is 0 Å². The first kappa shape index (κ1) is 15.4. The van der Waals surface area contributed by atoms with E-state index < -0.39 is 30.9 Å². The molecule has 0 aromatic carbocycles. The van der Waals surface area contributed by atoms with E-state index in [0.29, 0.717) is 4.90 Å². The molecule has 0 saturated carbocycles. The van der Waals surface area contributed by atoms with Crippen molar-refractivity contribution in [3.8, 4) is 0 Å². The van der Waals surface area contributed by atoms with Gasteiger partial charge in [-0.15, -0.1) is 0 Å². The zero-order chi connectivity index (χ0) is 14.6. The number of hydrogen-bond donors (Lipinski definition) is 1. The third-order valence-corrected chi connectivity index (χ3v) is 2.93. The first-order chi connectivity index (χ1) is 8.74. The van der Waals surface area contributed by atoms with Crippen molar-refractivity contribution < 1.29 is 32.6 Å². The van der Waals surface area contributed by atoms with Gasteiger partial charge in [-0.2, -0.15) is 13.2 Å². The number of alkyl halides is 3. The highest BCUT2D eigenvalue weighted by Crippen LogP contribution is 2.23. The Balaban J connectivity index is 2.67. The highest BCUT2D eigenvalue weighted by molar-refractivity contribution is 5.68. The van der Waals surface area contributed by atoms with Gasteiger partial charge in [0.05, 0.1) is 7.11 Å². The molecule has 1 N–H and O–H groups in total. The molecule has 1 rings (SSSR count). The van der Waals surface area contributed by atoms with Crippen LogP contribution in [0.4, 0.5) is 22.8 Å². The Morgan fingerprint density at radius 3 is 2.26 bits per heavy atom. The van der Waals surface area contributed by atoms with Crippen molar-refractivity contribution in [2.75, 3.05) is 26.7 Å². The van der Waals surface area contributed by atoms with Crippen LogP contribution < -0.4 is 0 Å². The molecule has 0 bridgehead atoms. The SMILES string of the molecule is COC(=O)N(CC(F)(F)F)C1CCN(C(=O)O)CC1. The fourth-order valence-electron chi connectivity index (χ4n) is 2.02. The van der Waals surface area contributed by atoms with Crippen molar-refractivity contribution in [3.05, 3.63) is 0 Å². The molecule has 0 spiro atoms. The van der Waals surface area contributed by atoms with Gasteiger partial charge >= 0.3 is 18.4 Å². The minimum absolute atomic E-state index is 0.103. The normalized spacial score (nSPS) is 17.2. The number of ether oxygens (including phenoxy) is 1. The highest BCUT2D eigenvalue weighted by atomic mass is 19.4. The third kappa shape index (κ3) is 4.49. The predicted molar refractivity (Wildman–Crippen MR) is 57.8 cm³/mol. The molecule has 1 aliphatic rings. The number of piperidine rings is 1. The number of hydrogen-bond acceptors (Lipinski definition) is 3. The topological polar surface area (TPSA) is 70.1 Å². The number of carboxylic acid groups (broad SMARTS) is 1. The summed E-state index contributed by atoms with van der Waals surface area (Å²) in [6, 6.07) is -0.662. The van der Waals surface area contributed by atoms with E-state index in [0.717, 1.165) is 12.0 Å². The van der Waals surface area contributed by atoms with Gasteiger partial charge in [-0.25, -0.2) is 9.59 Å². The van der Waals surface area contributed by atoms with Crippen LogP contribution in [0, 0.1) is 0 Å². The molecular formula is C10H15F3N2O4. The Morgan fingerprint density at radius 2 is 1.89 bits per heavy atom. The summed E-state index contributed by atoms with van der Waals surface area (Å²) in [7, 11) is 1.01. The lowest BCUT2D eigenvalue weighted by Gasteiger charge is -2.36. The molecule has 2 amide bonds. The quantitative estimate of drug-likeness (QED) is 0.838. The van der Waals surface area contributed by atoms with Crippen LogP contribution in [0.3, 0.4) is 0 Å². The van der Waals surface area contributed by atoms with Crippen LogP contribution in [0.5, 0.6) is 0 Å². The number of nitrogens with zero attached hydrogens (tertiary/aromatic N) is 2. The molecule has 0 aromatic rings. The number of rotatable bonds is 2. The van der Waals surface area contributed by atoms with E-state index in [9.17, 15) is 22.8 Å². The molecule has 9 heteroatoms. The Bertz CT molecular complexity index is 340. The highest BCUT2D eigenvalue weighted by Gasteiger charge is 2.38. The van der Waals surface area contributed by atoms with E-state index in [1.807, 2.05) is 0 Å². The Morgan fingerprint density at radius 1 is 1.37 bits per heavy atom. The first-order valence-corrected chi connectivity index (χ1v) is 5.64. The Labute approximate surface area is 107 Å². The van der Waals surface area contributed by atoms with E-state index in [2.05, 4.69) is 4.74 Å². The number of carbonyl (C=O) groups excluding carboxylic acids is 1. The second-order valence-corrected chi connectivity index (χ2v) is 4.21. The smallest absolute Gasteiger partial charge is 0.410 e. The van der Waals surface area contributed by atoms with E-state index in [1.54, 1.807) is 0 Å². The van der Waals surface area contributed by atoms with Crippen molar-refractivity contribution in [2.45, 2.75) is 25.1 Å². The van der Waals surface area contributed by atoms with Crippen LogP contribution in [0.1, 0.15) is 12.8 Å². The predicted octanol–water partition coefficient (Wildman–Crippen LogP) is 1.76. The van der Waals surface area contributed by atoms with Gasteiger partial charge in [0.1, 0.15) is 6.54 Å². The summed E-state index contributed by atoms with van der Waals surface area (Å²) in [5, 5.41) is 8.75. The molecule has 0 radical (unpaired) electrons. The lowest BCUT2D eigenvalue weighted by atomic mass is 10.0. The molecule has 19 heavy (non-hydrogen) atoms. The lowest BCUT2D eigenvalue weighted by molar-refractivity contribution is -0.148. The number of amides is 2. The summed E-state index contributed by atoms with van der Waals surface area (Å²) in [4.78, 5) is 23.8. The summed E-state index contributed by atoms with van der Waals surface area (Å²) >= 11 is 0. The average Bonchev–Trinajstić information content (AvgIpc) is 2.34. The largest absolute Gasteiger partial charge is 0.465 e. The van der Waals surface area contributed by atoms with Gasteiger partial charge in [0.15, 0.2) is 0 Å². The first-order valence-electron chi connectivity index (χ1n) is 5.64. The molecular weight excluding hydrogens is 269 g/mol. The monoisotopic (exact) mass is 284 g/mol. The summed E-state index contributed by atoms with van der Waals surface area (Å²) in [6.07, 6.45) is -6.35. The molecule has 1 aliphatic heterocycles. The van der Waals surface area contributed by atoms with Crippen molar-refractivity contribution in [2.24, 2.45) is 0 Å². The minimum Gasteiger partial charge on any atom is -0.465 e. The van der Waals surface area contributed by atoms with Crippen LogP contribution in [0.25, 0.3) is 0 Å². The molecule has 1 fully saturated rings. The zero-order valence-corrected chi connectivity index (χ0v) is 10.3. The van der Waals surface area contributed by atoms with E-state index in [1.165, 1.54) is 0 Å². The third-order valence-electron chi connectivity index (χ3n) is 2.93. The molecule has 6 nitrogen and oxygen atoms in total. The number of methoxy groups -OCH3 is 1. The maximum atomic E-state index is 12.4. The zero-order valence-electron chi connectivity index (χ0n) is 10.3. The maximum Gasteiger partial charge on any atom is 0.410 e. The van der Waals surface area contributed by atoms with E-state index in [4.69, 9.17) is 5.11 Å². The summed E-state index contributed by atoms with van der Waals surface area (Å²) in [6.45, 7) is -1.19. The van der Waals surface area contributed by atoms with Gasteiger partial charge in [-0.3, -0.25) is 4.90 Å². The van der Waals surface area contributed by atoms with Crippen molar-refractivity contribution >= 4 is 12.2 Å². The Kier molecular flexibility index (Phi) is 4.84. The second kappa shape index (κ2) is 5.98. The molecule has 110 valence electrons. The summed E-state index contributed by atoms with van der Waals surface area (Å²) in [5.74, 6) is 0. The fraction of sp³-hybridized carbons (Fsp3) is 0.800. The van der Waals surface area contributed by atoms with Crippen LogP contribution in [-0.2, 0) is 4.74 Å². The minimum atomic E-state index is -4.52. The second-order valence-electron chi connectivity index (χ2n) is 4.21. The van der Waals surface area contributed by atoms with Crippen LogP contribution in [-0.4, -0.2) is 66.1 Å². The standard InChI is InChI=1S/C10H15F3N2O4/c1-19-9(18)15(6-10(11,12)13)7-2-4-14(5-3-7)8(16)17/h7H,2-6H2,1H3,(H,16,17). The molecule has 0 aromatic heterocycles. The van der Waals surface area contributed by atoms with Gasteiger partial charge in [-0.05, 0) is 12.8 Å². The van der Waals surface area contributed by atoms with E-state index in [-0.39, 0.29) is 25.9 Å². The van der Waals surface area contributed by atoms with Gasteiger partial charge < -0.3 is 14.7 Å². The molecule has 0 aliphatic carbocycles. The molecule has 1 heterocycles. The van der Waals surface area contributed by atoms with Gasteiger partial charge in [-0.1, -0.05) is 0 Å². The van der Waals surface area contributed by atoms with Crippen LogP contribution in [0.15, 0.2) is 0 Å². The molecule has 0 unspecified atom stereocenters. The molecule has 1 saturated heterocycles. The van der Waals surface area contributed by atoms with Gasteiger partial charge in [0, 0.05) is 19.1 Å². The number of carbonyl (C=O) groups is 2. The maximum absolute atomic E-state index is 12.4. The lowest BCUT2D eigenvalue weighted by Crippen LogP contribution is -2.51. The Hall–Kier alpha value is -1.67. The van der Waals surface area contributed by atoms with Crippen LogP contribution >= 0.6 is 0 Å². The fourth-order valence-corrected chi connectivity index (χ4v) is 2.02. The average molecular weight is 284 g/mol. The van der Waals surface area contributed by atoms with Crippen molar-refractivity contribution in [3.63, 3.8) is 0 Å². The van der Waals surface area contributed by atoms with E-state index >= 15 is 0 Å². The summed E-state index contributed by atoms with van der Waals surface area (Å²) in [5.41, 5.74) is 0. The number of likely N-dealkylation sites (tertiary alicyclic amines) is 1. The summed E-state index contributed by atoms with van der Waals surface area (Å²) < 4.78 is 41.6. The number of halogens is 3. The van der Waals surface area contributed by atoms with Crippen LogP contribution in [0.2, 0.25) is 0 Å². The molecule has 0 atom stereocenters. The van der Waals surface area contributed by atoms with Gasteiger partial charge in [0.25, 0.3) is 0 Å². The van der Waals surface area contributed by atoms with Crippen molar-refractivity contribution in [1.82, 2.24) is 9.80 Å².